The van der Waals surface area contributed by atoms with Gasteiger partial charge in [0.2, 0.25) is 0 Å². The summed E-state index contributed by atoms with van der Waals surface area (Å²) in [6, 6.07) is 10.6. The van der Waals surface area contributed by atoms with E-state index in [1.54, 1.807) is 12.1 Å². The molecule has 3 nitrogen and oxygen atoms in total. The molecule has 0 aliphatic heterocycles. The second-order valence-corrected chi connectivity index (χ2v) is 4.84. The van der Waals surface area contributed by atoms with Gasteiger partial charge in [-0.3, -0.25) is 0 Å². The minimum absolute atomic E-state index is 0.224. The molecule has 106 valence electrons. The first-order valence-electron chi connectivity index (χ1n) is 6.99. The molecule has 0 bridgehead atoms. The zero-order valence-corrected chi connectivity index (χ0v) is 11.8. The van der Waals surface area contributed by atoms with Crippen LogP contribution in [-0.4, -0.2) is 16.5 Å². The maximum absolute atomic E-state index is 13.8. The largest absolute Gasteiger partial charge is 0.313 e. The monoisotopic (exact) mass is 281 g/mol. The molecular formula is C17H16FN3. The summed E-state index contributed by atoms with van der Waals surface area (Å²) in [7, 11) is 0. The van der Waals surface area contributed by atoms with Crippen molar-refractivity contribution in [3.8, 4) is 11.4 Å². The Morgan fingerprint density at radius 3 is 2.43 bits per heavy atom. The van der Waals surface area contributed by atoms with Gasteiger partial charge in [-0.25, -0.2) is 14.4 Å². The molecule has 0 saturated carbocycles. The third-order valence-electron chi connectivity index (χ3n) is 3.40. The fourth-order valence-corrected chi connectivity index (χ4v) is 2.31. The van der Waals surface area contributed by atoms with Crippen molar-refractivity contribution < 1.29 is 4.39 Å². The first kappa shape index (κ1) is 13.6. The van der Waals surface area contributed by atoms with E-state index in [1.165, 1.54) is 6.07 Å². The highest BCUT2D eigenvalue weighted by Gasteiger charge is 2.09. The molecule has 1 heterocycles. The Hall–Kier alpha value is -2.33. The summed E-state index contributed by atoms with van der Waals surface area (Å²) in [6.07, 6.45) is 3.62. The lowest BCUT2D eigenvalue weighted by atomic mass is 10.0. The maximum Gasteiger partial charge on any atom is 0.159 e. The van der Waals surface area contributed by atoms with Crippen molar-refractivity contribution >= 4 is 10.8 Å². The van der Waals surface area contributed by atoms with Crippen LogP contribution in [0.25, 0.3) is 22.2 Å². The van der Waals surface area contributed by atoms with Gasteiger partial charge in [-0.2, -0.15) is 0 Å². The zero-order chi connectivity index (χ0) is 14.7. The van der Waals surface area contributed by atoms with Crippen molar-refractivity contribution in [2.75, 3.05) is 6.54 Å². The molecule has 0 saturated heterocycles. The van der Waals surface area contributed by atoms with Gasteiger partial charge in [0, 0.05) is 35.5 Å². The second-order valence-electron chi connectivity index (χ2n) is 4.84. The molecule has 2 aromatic carbocycles. The van der Waals surface area contributed by atoms with Crippen LogP contribution in [-0.2, 0) is 6.54 Å². The highest BCUT2D eigenvalue weighted by Crippen LogP contribution is 2.27. The summed E-state index contributed by atoms with van der Waals surface area (Å²) in [5.41, 5.74) is 1.88. The second kappa shape index (κ2) is 5.97. The molecule has 21 heavy (non-hydrogen) atoms. The van der Waals surface area contributed by atoms with Crippen LogP contribution in [0, 0.1) is 5.82 Å². The van der Waals surface area contributed by atoms with Crippen molar-refractivity contribution in [1.29, 1.82) is 0 Å². The Balaban J connectivity index is 2.02. The Morgan fingerprint density at radius 1 is 1.00 bits per heavy atom. The van der Waals surface area contributed by atoms with Gasteiger partial charge in [0.05, 0.1) is 0 Å². The minimum atomic E-state index is -0.224. The van der Waals surface area contributed by atoms with E-state index >= 15 is 0 Å². The van der Waals surface area contributed by atoms with Gasteiger partial charge in [-0.15, -0.1) is 0 Å². The van der Waals surface area contributed by atoms with Gasteiger partial charge in [0.1, 0.15) is 5.82 Å². The van der Waals surface area contributed by atoms with Crippen LogP contribution in [0.5, 0.6) is 0 Å². The average Bonchev–Trinajstić information content (AvgIpc) is 2.54. The number of rotatable bonds is 4. The zero-order valence-electron chi connectivity index (χ0n) is 11.8. The van der Waals surface area contributed by atoms with Gasteiger partial charge in [-0.1, -0.05) is 31.2 Å². The molecule has 1 aromatic heterocycles. The van der Waals surface area contributed by atoms with Crippen LogP contribution in [0.3, 0.4) is 0 Å². The molecule has 3 rings (SSSR count). The van der Waals surface area contributed by atoms with Crippen LogP contribution >= 0.6 is 0 Å². The summed E-state index contributed by atoms with van der Waals surface area (Å²) < 4.78 is 13.8. The molecule has 3 aromatic rings. The van der Waals surface area contributed by atoms with Crippen molar-refractivity contribution in [3.63, 3.8) is 0 Å². The van der Waals surface area contributed by atoms with Crippen LogP contribution in [0.2, 0.25) is 0 Å². The number of halogens is 1. The van der Waals surface area contributed by atoms with E-state index in [1.807, 2.05) is 30.6 Å². The quantitative estimate of drug-likeness (QED) is 0.794. The summed E-state index contributed by atoms with van der Waals surface area (Å²) in [5.74, 6) is 0.393. The molecule has 0 amide bonds. The van der Waals surface area contributed by atoms with Crippen molar-refractivity contribution in [3.05, 3.63) is 60.2 Å². The number of fused-ring (bicyclic) bond motifs is 1. The molecule has 1 N–H and O–H groups in total. The predicted molar refractivity (Wildman–Crippen MR) is 82.3 cm³/mol. The van der Waals surface area contributed by atoms with Crippen molar-refractivity contribution in [2.24, 2.45) is 0 Å². The van der Waals surface area contributed by atoms with Crippen LogP contribution < -0.4 is 5.32 Å². The Labute approximate surface area is 122 Å². The molecule has 0 fully saturated rings. The van der Waals surface area contributed by atoms with Crippen molar-refractivity contribution in [2.45, 2.75) is 13.5 Å². The van der Waals surface area contributed by atoms with Gasteiger partial charge < -0.3 is 5.32 Å². The summed E-state index contributed by atoms with van der Waals surface area (Å²) in [6.45, 7) is 3.71. The highest BCUT2D eigenvalue weighted by atomic mass is 19.1. The smallest absolute Gasteiger partial charge is 0.159 e. The van der Waals surface area contributed by atoms with Crippen LogP contribution in [0.15, 0.2) is 48.8 Å². The Bertz CT molecular complexity index is 754. The van der Waals surface area contributed by atoms with E-state index in [9.17, 15) is 4.39 Å². The molecule has 0 atom stereocenters. The van der Waals surface area contributed by atoms with Gasteiger partial charge in [0.25, 0.3) is 0 Å². The van der Waals surface area contributed by atoms with E-state index < -0.39 is 0 Å². The van der Waals surface area contributed by atoms with Crippen LogP contribution in [0.4, 0.5) is 4.39 Å². The molecule has 0 spiro atoms. The van der Waals surface area contributed by atoms with E-state index in [0.717, 1.165) is 29.6 Å². The molecule has 0 aliphatic carbocycles. The maximum atomic E-state index is 13.8. The van der Waals surface area contributed by atoms with Crippen LogP contribution in [0.1, 0.15) is 12.5 Å². The standard InChI is InChI=1S/C17H16FN3/c1-2-19-9-12-10-20-17(21-11-12)15-7-8-16(18)14-6-4-3-5-13(14)15/h3-8,10-11,19H,2,9H2,1H3. The Kier molecular flexibility index (Phi) is 3.88. The number of aromatic nitrogens is 2. The average molecular weight is 281 g/mol. The van der Waals surface area contributed by atoms with Gasteiger partial charge in [0.15, 0.2) is 5.82 Å². The van der Waals surface area contributed by atoms with E-state index in [4.69, 9.17) is 0 Å². The third-order valence-corrected chi connectivity index (χ3v) is 3.40. The van der Waals surface area contributed by atoms with E-state index in [2.05, 4.69) is 22.2 Å². The normalized spacial score (nSPS) is 11.0. The number of hydrogen-bond donors (Lipinski definition) is 1. The predicted octanol–water partition coefficient (Wildman–Crippen LogP) is 3.55. The summed E-state index contributed by atoms with van der Waals surface area (Å²) in [5, 5.41) is 4.65. The topological polar surface area (TPSA) is 37.8 Å². The first-order valence-corrected chi connectivity index (χ1v) is 6.99. The first-order chi connectivity index (χ1) is 10.3. The number of benzene rings is 2. The Morgan fingerprint density at radius 2 is 1.71 bits per heavy atom. The van der Waals surface area contributed by atoms with E-state index in [-0.39, 0.29) is 5.82 Å². The number of nitrogens with one attached hydrogen (secondary N) is 1. The molecular weight excluding hydrogens is 265 g/mol. The lowest BCUT2D eigenvalue weighted by Gasteiger charge is -2.07. The third kappa shape index (κ3) is 2.76. The van der Waals surface area contributed by atoms with Gasteiger partial charge in [-0.05, 0) is 24.1 Å². The lowest BCUT2D eigenvalue weighted by molar-refractivity contribution is 0.640. The molecule has 0 radical (unpaired) electrons. The molecule has 0 unspecified atom stereocenters. The molecule has 4 heteroatoms. The van der Waals surface area contributed by atoms with Crippen molar-refractivity contribution in [1.82, 2.24) is 15.3 Å². The summed E-state index contributed by atoms with van der Waals surface area (Å²) >= 11 is 0. The molecule has 0 aliphatic rings. The lowest BCUT2D eigenvalue weighted by Crippen LogP contribution is -2.12. The van der Waals surface area contributed by atoms with Gasteiger partial charge >= 0.3 is 0 Å². The fourth-order valence-electron chi connectivity index (χ4n) is 2.31. The van der Waals surface area contributed by atoms with E-state index in [0.29, 0.717) is 11.2 Å². The minimum Gasteiger partial charge on any atom is -0.313 e. The fraction of sp³-hybridized carbons (Fsp3) is 0.176. The number of nitrogens with zero attached hydrogens (tertiary/aromatic N) is 2. The summed E-state index contributed by atoms with van der Waals surface area (Å²) in [4.78, 5) is 8.82. The number of hydrogen-bond acceptors (Lipinski definition) is 3. The highest BCUT2D eigenvalue weighted by molar-refractivity contribution is 5.95. The SMILES string of the molecule is CCNCc1cnc(-c2ccc(F)c3ccccc23)nc1.